The van der Waals surface area contributed by atoms with Crippen LogP contribution in [0.3, 0.4) is 0 Å². The molecule has 1 aliphatic heterocycles. The van der Waals surface area contributed by atoms with Crippen LogP contribution in [0.15, 0.2) is 0 Å². The molecule has 0 bridgehead atoms. The van der Waals surface area contributed by atoms with Gasteiger partial charge in [0.1, 0.15) is 24.7 Å². The van der Waals surface area contributed by atoms with Crippen LogP contribution in [0.2, 0.25) is 0 Å². The minimum Gasteiger partial charge on any atom is -0.481 e. The third kappa shape index (κ3) is 6.78. The van der Waals surface area contributed by atoms with E-state index < -0.39 is 66.9 Å². The lowest BCUT2D eigenvalue weighted by atomic mass is 10.1. The largest absolute Gasteiger partial charge is 0.481 e. The highest BCUT2D eigenvalue weighted by Crippen LogP contribution is 2.19. The van der Waals surface area contributed by atoms with Crippen molar-refractivity contribution in [2.45, 2.75) is 56.8 Å². The molecule has 0 unspecified atom stereocenters. The van der Waals surface area contributed by atoms with Crippen LogP contribution in [0.4, 0.5) is 0 Å². The number of hydrogen-bond acceptors (Lipinski definition) is 7. The van der Waals surface area contributed by atoms with Gasteiger partial charge in [-0.2, -0.15) is 0 Å². The van der Waals surface area contributed by atoms with Gasteiger partial charge in [-0.3, -0.25) is 24.0 Å². The zero-order valence-electron chi connectivity index (χ0n) is 15.5. The van der Waals surface area contributed by atoms with Crippen LogP contribution >= 0.6 is 0 Å². The molecule has 0 radical (unpaired) electrons. The third-order valence-corrected chi connectivity index (χ3v) is 4.34. The van der Waals surface area contributed by atoms with Gasteiger partial charge < -0.3 is 36.6 Å². The first kappa shape index (κ1) is 23.3. The fraction of sp³-hybridized carbons (Fsp3) is 0.688. The predicted molar refractivity (Wildman–Crippen MR) is 93.8 cm³/mol. The number of carboxylic acids is 2. The molecule has 0 saturated carbocycles. The summed E-state index contributed by atoms with van der Waals surface area (Å²) in [5.74, 6) is -4.55. The van der Waals surface area contributed by atoms with Crippen LogP contribution in [-0.4, -0.2) is 87.2 Å². The molecule has 1 rings (SSSR count). The lowest BCUT2D eigenvalue weighted by Gasteiger charge is -2.29. The Morgan fingerprint density at radius 1 is 1.18 bits per heavy atom. The lowest BCUT2D eigenvalue weighted by molar-refractivity contribution is -0.143. The lowest BCUT2D eigenvalue weighted by Crippen LogP contribution is -2.57. The van der Waals surface area contributed by atoms with Gasteiger partial charge in [0, 0.05) is 13.0 Å². The molecule has 1 heterocycles. The van der Waals surface area contributed by atoms with Crippen molar-refractivity contribution < 1.29 is 39.3 Å². The van der Waals surface area contributed by atoms with Crippen molar-refractivity contribution in [1.29, 1.82) is 0 Å². The van der Waals surface area contributed by atoms with Gasteiger partial charge in [-0.1, -0.05) is 0 Å². The number of carboxylic acid groups (broad SMARTS) is 2. The zero-order chi connectivity index (χ0) is 21.4. The maximum Gasteiger partial charge on any atom is 0.322 e. The van der Waals surface area contributed by atoms with E-state index in [1.54, 1.807) is 0 Å². The number of carbonyl (C=O) groups is 5. The van der Waals surface area contributed by atoms with E-state index in [-0.39, 0.29) is 13.0 Å². The number of amides is 3. The normalized spacial score (nSPS) is 19.4. The summed E-state index contributed by atoms with van der Waals surface area (Å²) in [6, 6.07) is -3.48. The van der Waals surface area contributed by atoms with Crippen LogP contribution < -0.4 is 16.4 Å². The van der Waals surface area contributed by atoms with E-state index in [1.807, 2.05) is 0 Å². The minimum absolute atomic E-state index is 0.200. The number of nitrogens with two attached hydrogens (primary N) is 1. The number of nitrogens with zero attached hydrogens (tertiary/aromatic N) is 1. The molecule has 28 heavy (non-hydrogen) atoms. The van der Waals surface area contributed by atoms with Crippen molar-refractivity contribution in [3.63, 3.8) is 0 Å². The van der Waals surface area contributed by atoms with Gasteiger partial charge in [-0.15, -0.1) is 0 Å². The first-order valence-electron chi connectivity index (χ1n) is 8.80. The smallest absolute Gasteiger partial charge is 0.322 e. The Labute approximate surface area is 161 Å². The highest BCUT2D eigenvalue weighted by Gasteiger charge is 2.38. The standard InChI is InChI=1S/C16H26N4O8/c1-8(21)13(17)15(27)19-9(4-5-11(22)23)16(28)20-6-2-3-10(20)14(26)18-7-12(24)25/h8-10,13,21H,2-7,17H2,1H3,(H,18,26)(H,19,27)(H,22,23)(H,24,25)/t8-,9+,10+,13+/m1/s1. The number of aliphatic hydroxyl groups excluding tert-OH is 1. The predicted octanol–water partition coefficient (Wildman–Crippen LogP) is -2.76. The second kappa shape index (κ2) is 10.6. The van der Waals surface area contributed by atoms with E-state index in [9.17, 15) is 29.1 Å². The number of likely N-dealkylation sites (tertiary alicyclic amines) is 1. The van der Waals surface area contributed by atoms with Crippen LogP contribution in [0.1, 0.15) is 32.6 Å². The van der Waals surface area contributed by atoms with Crippen molar-refractivity contribution >= 4 is 29.7 Å². The number of aliphatic carboxylic acids is 2. The van der Waals surface area contributed by atoms with Gasteiger partial charge in [0.05, 0.1) is 6.10 Å². The van der Waals surface area contributed by atoms with Crippen LogP contribution in [0, 0.1) is 0 Å². The van der Waals surface area contributed by atoms with Crippen LogP contribution in [0.5, 0.6) is 0 Å². The average molecular weight is 402 g/mol. The second-order valence-electron chi connectivity index (χ2n) is 6.56. The number of nitrogens with one attached hydrogen (secondary N) is 2. The molecule has 0 spiro atoms. The van der Waals surface area contributed by atoms with E-state index in [1.165, 1.54) is 11.8 Å². The Morgan fingerprint density at radius 3 is 2.36 bits per heavy atom. The number of aliphatic hydroxyl groups is 1. The molecule has 0 aromatic rings. The molecule has 12 heteroatoms. The third-order valence-electron chi connectivity index (χ3n) is 4.34. The van der Waals surface area contributed by atoms with E-state index in [4.69, 9.17) is 15.9 Å². The van der Waals surface area contributed by atoms with E-state index in [0.717, 1.165) is 0 Å². The van der Waals surface area contributed by atoms with Crippen LogP contribution in [-0.2, 0) is 24.0 Å². The van der Waals surface area contributed by atoms with Crippen molar-refractivity contribution in [1.82, 2.24) is 15.5 Å². The minimum atomic E-state index is -1.31. The summed E-state index contributed by atoms with van der Waals surface area (Å²) in [6.45, 7) is 0.896. The number of carbonyl (C=O) groups excluding carboxylic acids is 3. The fourth-order valence-electron chi connectivity index (χ4n) is 2.80. The van der Waals surface area contributed by atoms with Gasteiger partial charge in [0.2, 0.25) is 17.7 Å². The number of hydrogen-bond donors (Lipinski definition) is 6. The maximum absolute atomic E-state index is 12.9. The highest BCUT2D eigenvalue weighted by atomic mass is 16.4. The molecule has 4 atom stereocenters. The first-order valence-corrected chi connectivity index (χ1v) is 8.80. The summed E-state index contributed by atoms with van der Waals surface area (Å²) in [7, 11) is 0. The summed E-state index contributed by atoms with van der Waals surface area (Å²) in [5, 5.41) is 31.5. The fourth-order valence-corrected chi connectivity index (χ4v) is 2.80. The van der Waals surface area contributed by atoms with Crippen molar-refractivity contribution in [3.05, 3.63) is 0 Å². The van der Waals surface area contributed by atoms with Crippen molar-refractivity contribution in [2.24, 2.45) is 5.73 Å². The van der Waals surface area contributed by atoms with E-state index in [2.05, 4.69) is 10.6 Å². The molecule has 1 fully saturated rings. The Morgan fingerprint density at radius 2 is 1.82 bits per heavy atom. The molecule has 158 valence electrons. The Hall–Kier alpha value is -2.73. The second-order valence-corrected chi connectivity index (χ2v) is 6.56. The maximum atomic E-state index is 12.9. The molecule has 0 aliphatic carbocycles. The molecular formula is C16H26N4O8. The Kier molecular flexibility index (Phi) is 8.79. The summed E-state index contributed by atoms with van der Waals surface area (Å²) in [6.07, 6.45) is -1.03. The quantitative estimate of drug-likeness (QED) is 0.224. The van der Waals surface area contributed by atoms with Gasteiger partial charge in [0.25, 0.3) is 0 Å². The van der Waals surface area contributed by atoms with E-state index in [0.29, 0.717) is 12.8 Å². The molecule has 1 aliphatic rings. The van der Waals surface area contributed by atoms with E-state index >= 15 is 0 Å². The van der Waals surface area contributed by atoms with Crippen molar-refractivity contribution in [2.75, 3.05) is 13.1 Å². The first-order chi connectivity index (χ1) is 13.0. The molecule has 0 aromatic carbocycles. The van der Waals surface area contributed by atoms with Gasteiger partial charge in [0.15, 0.2) is 0 Å². The van der Waals surface area contributed by atoms with Gasteiger partial charge >= 0.3 is 11.9 Å². The zero-order valence-corrected chi connectivity index (χ0v) is 15.5. The summed E-state index contributed by atoms with van der Waals surface area (Å²) in [5.41, 5.74) is 5.54. The summed E-state index contributed by atoms with van der Waals surface area (Å²) < 4.78 is 0. The molecule has 1 saturated heterocycles. The van der Waals surface area contributed by atoms with Gasteiger partial charge in [-0.25, -0.2) is 0 Å². The molecule has 0 aromatic heterocycles. The Bertz CT molecular complexity index is 624. The highest BCUT2D eigenvalue weighted by molar-refractivity contribution is 5.94. The summed E-state index contributed by atoms with van der Waals surface area (Å²) >= 11 is 0. The molecular weight excluding hydrogens is 376 g/mol. The average Bonchev–Trinajstić information content (AvgIpc) is 3.11. The van der Waals surface area contributed by atoms with Crippen molar-refractivity contribution in [3.8, 4) is 0 Å². The SMILES string of the molecule is C[C@@H](O)[C@H](N)C(=O)N[C@@H](CCC(=O)O)C(=O)N1CCC[C@H]1C(=O)NCC(=O)O. The molecule has 3 amide bonds. The summed E-state index contributed by atoms with van der Waals surface area (Å²) in [4.78, 5) is 59.8. The monoisotopic (exact) mass is 402 g/mol. The number of rotatable bonds is 10. The topological polar surface area (TPSA) is 199 Å². The van der Waals surface area contributed by atoms with Crippen LogP contribution in [0.25, 0.3) is 0 Å². The van der Waals surface area contributed by atoms with Gasteiger partial charge in [-0.05, 0) is 26.2 Å². The Balaban J connectivity index is 2.90. The molecule has 7 N–H and O–H groups in total. The molecule has 12 nitrogen and oxygen atoms in total.